The van der Waals surface area contributed by atoms with Crippen molar-refractivity contribution in [1.82, 2.24) is 4.90 Å². The Balaban J connectivity index is 2.74. The third-order valence-corrected chi connectivity index (χ3v) is 3.37. The standard InChI is InChI=1S/C18H27NO/c1-4-6-13-19(14-7-5-2)18(20)16(3)15-17-11-9-8-10-12-17/h8-12,15H,4-7,13-14H2,1-3H3. The smallest absolute Gasteiger partial charge is 0.249 e. The Kier molecular flexibility index (Phi) is 7.71. The molecule has 0 saturated heterocycles. The molecule has 0 heterocycles. The summed E-state index contributed by atoms with van der Waals surface area (Å²) in [7, 11) is 0. The summed E-state index contributed by atoms with van der Waals surface area (Å²) in [6, 6.07) is 10.0. The molecule has 0 saturated carbocycles. The van der Waals surface area contributed by atoms with Crippen LogP contribution in [0.15, 0.2) is 35.9 Å². The van der Waals surface area contributed by atoms with Crippen molar-refractivity contribution < 1.29 is 4.79 Å². The summed E-state index contributed by atoms with van der Waals surface area (Å²) in [6.07, 6.45) is 6.38. The SMILES string of the molecule is CCCCN(CCCC)C(=O)C(C)=Cc1ccccc1. The van der Waals surface area contributed by atoms with Crippen LogP contribution in [0, 0.1) is 0 Å². The second-order valence-electron chi connectivity index (χ2n) is 5.24. The zero-order valence-electron chi connectivity index (χ0n) is 13.1. The number of unbranched alkanes of at least 4 members (excludes halogenated alkanes) is 2. The lowest BCUT2D eigenvalue weighted by molar-refractivity contribution is -0.127. The van der Waals surface area contributed by atoms with Crippen LogP contribution in [0.2, 0.25) is 0 Å². The lowest BCUT2D eigenvalue weighted by atomic mass is 10.1. The van der Waals surface area contributed by atoms with Crippen molar-refractivity contribution in [3.05, 3.63) is 41.5 Å². The molecule has 0 N–H and O–H groups in total. The molecule has 0 fully saturated rings. The van der Waals surface area contributed by atoms with E-state index in [-0.39, 0.29) is 5.91 Å². The molecule has 110 valence electrons. The second-order valence-corrected chi connectivity index (χ2v) is 5.24. The van der Waals surface area contributed by atoms with Gasteiger partial charge in [-0.05, 0) is 31.4 Å². The molecule has 1 aromatic carbocycles. The molecule has 0 bridgehead atoms. The average molecular weight is 273 g/mol. The van der Waals surface area contributed by atoms with Crippen LogP contribution < -0.4 is 0 Å². The molecule has 1 rings (SSSR count). The summed E-state index contributed by atoms with van der Waals surface area (Å²) in [4.78, 5) is 14.5. The fourth-order valence-corrected chi connectivity index (χ4v) is 2.12. The van der Waals surface area contributed by atoms with Gasteiger partial charge in [-0.25, -0.2) is 0 Å². The van der Waals surface area contributed by atoms with E-state index in [0.717, 1.165) is 49.9 Å². The van der Waals surface area contributed by atoms with Crippen molar-refractivity contribution in [2.45, 2.75) is 46.5 Å². The summed E-state index contributed by atoms with van der Waals surface area (Å²) < 4.78 is 0. The van der Waals surface area contributed by atoms with E-state index in [1.807, 2.05) is 48.2 Å². The molecular weight excluding hydrogens is 246 g/mol. The fourth-order valence-electron chi connectivity index (χ4n) is 2.12. The first kappa shape index (κ1) is 16.5. The molecular formula is C18H27NO. The Morgan fingerprint density at radius 2 is 1.60 bits per heavy atom. The molecule has 2 nitrogen and oxygen atoms in total. The van der Waals surface area contributed by atoms with Gasteiger partial charge in [0.25, 0.3) is 0 Å². The number of benzene rings is 1. The van der Waals surface area contributed by atoms with Crippen LogP contribution in [0.3, 0.4) is 0 Å². The lowest BCUT2D eigenvalue weighted by Gasteiger charge is -2.22. The zero-order valence-corrected chi connectivity index (χ0v) is 13.1. The molecule has 20 heavy (non-hydrogen) atoms. The van der Waals surface area contributed by atoms with E-state index in [2.05, 4.69) is 13.8 Å². The van der Waals surface area contributed by atoms with Gasteiger partial charge in [0.05, 0.1) is 0 Å². The van der Waals surface area contributed by atoms with E-state index < -0.39 is 0 Å². The first-order valence-electron chi connectivity index (χ1n) is 7.71. The Morgan fingerprint density at radius 3 is 2.10 bits per heavy atom. The zero-order chi connectivity index (χ0) is 14.8. The van der Waals surface area contributed by atoms with Gasteiger partial charge in [0, 0.05) is 18.7 Å². The molecule has 1 aromatic rings. The fraction of sp³-hybridized carbons (Fsp3) is 0.500. The summed E-state index contributed by atoms with van der Waals surface area (Å²) in [6.45, 7) is 7.98. The van der Waals surface area contributed by atoms with Gasteiger partial charge in [-0.3, -0.25) is 4.79 Å². The van der Waals surface area contributed by atoms with E-state index in [4.69, 9.17) is 0 Å². The first-order valence-corrected chi connectivity index (χ1v) is 7.71. The molecule has 0 radical (unpaired) electrons. The van der Waals surface area contributed by atoms with E-state index in [1.165, 1.54) is 0 Å². The van der Waals surface area contributed by atoms with Gasteiger partial charge in [-0.1, -0.05) is 57.0 Å². The Labute approximate surface area is 123 Å². The molecule has 0 aromatic heterocycles. The van der Waals surface area contributed by atoms with Crippen LogP contribution >= 0.6 is 0 Å². The minimum absolute atomic E-state index is 0.177. The highest BCUT2D eigenvalue weighted by atomic mass is 16.2. The third-order valence-electron chi connectivity index (χ3n) is 3.37. The Morgan fingerprint density at radius 1 is 1.05 bits per heavy atom. The van der Waals surface area contributed by atoms with Crippen molar-refractivity contribution in [2.24, 2.45) is 0 Å². The van der Waals surface area contributed by atoms with Gasteiger partial charge < -0.3 is 4.90 Å². The van der Waals surface area contributed by atoms with Crippen LogP contribution in [0.4, 0.5) is 0 Å². The average Bonchev–Trinajstić information content (AvgIpc) is 2.48. The Hall–Kier alpha value is -1.57. The van der Waals surface area contributed by atoms with Crippen LogP contribution in [-0.4, -0.2) is 23.9 Å². The summed E-state index contributed by atoms with van der Waals surface area (Å²) in [5, 5.41) is 0. The molecule has 0 aliphatic carbocycles. The molecule has 0 aliphatic heterocycles. The highest BCUT2D eigenvalue weighted by Crippen LogP contribution is 2.10. The van der Waals surface area contributed by atoms with Crippen molar-refractivity contribution in [2.75, 3.05) is 13.1 Å². The van der Waals surface area contributed by atoms with Crippen LogP contribution in [0.5, 0.6) is 0 Å². The van der Waals surface area contributed by atoms with Crippen molar-refractivity contribution >= 4 is 12.0 Å². The monoisotopic (exact) mass is 273 g/mol. The van der Waals surface area contributed by atoms with Crippen LogP contribution in [-0.2, 0) is 4.79 Å². The van der Waals surface area contributed by atoms with Gasteiger partial charge >= 0.3 is 0 Å². The van der Waals surface area contributed by atoms with Crippen molar-refractivity contribution in [1.29, 1.82) is 0 Å². The third kappa shape index (κ3) is 5.60. The topological polar surface area (TPSA) is 20.3 Å². The summed E-state index contributed by atoms with van der Waals surface area (Å²) in [5.74, 6) is 0.177. The van der Waals surface area contributed by atoms with E-state index in [9.17, 15) is 4.79 Å². The predicted molar refractivity (Wildman–Crippen MR) is 86.5 cm³/mol. The highest BCUT2D eigenvalue weighted by Gasteiger charge is 2.14. The lowest BCUT2D eigenvalue weighted by Crippen LogP contribution is -2.33. The minimum Gasteiger partial charge on any atom is -0.339 e. The number of hydrogen-bond acceptors (Lipinski definition) is 1. The van der Waals surface area contributed by atoms with Gasteiger partial charge in [0.2, 0.25) is 5.91 Å². The molecule has 0 unspecified atom stereocenters. The maximum absolute atomic E-state index is 12.5. The molecule has 2 heteroatoms. The van der Waals surface area contributed by atoms with E-state index >= 15 is 0 Å². The normalized spacial score (nSPS) is 11.4. The largest absolute Gasteiger partial charge is 0.339 e. The molecule has 0 spiro atoms. The van der Waals surface area contributed by atoms with Gasteiger partial charge in [-0.15, -0.1) is 0 Å². The number of rotatable bonds is 8. The van der Waals surface area contributed by atoms with Crippen LogP contribution in [0.25, 0.3) is 6.08 Å². The molecule has 0 aliphatic rings. The first-order chi connectivity index (χ1) is 9.69. The highest BCUT2D eigenvalue weighted by molar-refractivity contribution is 5.97. The number of hydrogen-bond donors (Lipinski definition) is 0. The van der Waals surface area contributed by atoms with E-state index in [1.54, 1.807) is 0 Å². The number of nitrogens with zero attached hydrogens (tertiary/aromatic N) is 1. The maximum atomic E-state index is 12.5. The van der Waals surface area contributed by atoms with Crippen molar-refractivity contribution in [3.8, 4) is 0 Å². The Bertz CT molecular complexity index is 414. The summed E-state index contributed by atoms with van der Waals surface area (Å²) >= 11 is 0. The number of carbonyl (C=O) groups excluding carboxylic acids is 1. The summed E-state index contributed by atoms with van der Waals surface area (Å²) in [5.41, 5.74) is 1.91. The number of carbonyl (C=O) groups is 1. The van der Waals surface area contributed by atoms with Gasteiger partial charge in [-0.2, -0.15) is 0 Å². The second kappa shape index (κ2) is 9.35. The minimum atomic E-state index is 0.177. The van der Waals surface area contributed by atoms with Gasteiger partial charge in [0.15, 0.2) is 0 Å². The number of amides is 1. The maximum Gasteiger partial charge on any atom is 0.249 e. The molecule has 0 atom stereocenters. The van der Waals surface area contributed by atoms with Gasteiger partial charge in [0.1, 0.15) is 0 Å². The molecule has 1 amide bonds. The quantitative estimate of drug-likeness (QED) is 0.638. The van der Waals surface area contributed by atoms with Crippen LogP contribution in [0.1, 0.15) is 52.0 Å². The predicted octanol–water partition coefficient (Wildman–Crippen LogP) is 4.52. The van der Waals surface area contributed by atoms with E-state index in [0.29, 0.717) is 0 Å². The van der Waals surface area contributed by atoms with Crippen molar-refractivity contribution in [3.63, 3.8) is 0 Å².